The zero-order valence-corrected chi connectivity index (χ0v) is 15.9. The number of hydrogen-bond donors (Lipinski definition) is 1. The molecule has 1 aromatic rings. The fraction of sp³-hybridized carbons (Fsp3) is 0.450. The number of halogens is 1. The van der Waals surface area contributed by atoms with Crippen molar-refractivity contribution in [1.29, 1.82) is 0 Å². The van der Waals surface area contributed by atoms with Crippen molar-refractivity contribution in [2.75, 3.05) is 11.9 Å². The number of likely N-dealkylation sites (tertiary alicyclic amines) is 1. The van der Waals surface area contributed by atoms with Crippen LogP contribution in [0.1, 0.15) is 12.0 Å². The summed E-state index contributed by atoms with van der Waals surface area (Å²) >= 11 is 3.39. The van der Waals surface area contributed by atoms with Crippen molar-refractivity contribution in [1.82, 2.24) is 4.90 Å². The minimum Gasteiger partial charge on any atom is -0.324 e. The summed E-state index contributed by atoms with van der Waals surface area (Å²) in [7, 11) is 0. The van der Waals surface area contributed by atoms with E-state index in [-0.39, 0.29) is 47.9 Å². The third-order valence-electron chi connectivity index (χ3n) is 6.52. The predicted octanol–water partition coefficient (Wildman–Crippen LogP) is 2.75. The van der Waals surface area contributed by atoms with E-state index < -0.39 is 0 Å². The van der Waals surface area contributed by atoms with Crippen LogP contribution in [0.2, 0.25) is 0 Å². The normalized spacial score (nSPS) is 36.2. The molecule has 1 aromatic carbocycles. The molecule has 0 spiro atoms. The summed E-state index contributed by atoms with van der Waals surface area (Å²) in [6, 6.07) is 5.56. The first kappa shape index (κ1) is 16.2. The van der Waals surface area contributed by atoms with Gasteiger partial charge in [-0.15, -0.1) is 0 Å². The lowest BCUT2D eigenvalue weighted by Crippen LogP contribution is -2.40. The first-order valence-electron chi connectivity index (χ1n) is 9.05. The molecule has 1 N–H and O–H groups in total. The van der Waals surface area contributed by atoms with Crippen LogP contribution < -0.4 is 5.32 Å². The lowest BCUT2D eigenvalue weighted by Gasteiger charge is -2.37. The summed E-state index contributed by atoms with van der Waals surface area (Å²) in [4.78, 5) is 39.4. The Bertz CT molecular complexity index is 844. The average molecular weight is 415 g/mol. The van der Waals surface area contributed by atoms with E-state index in [0.29, 0.717) is 17.5 Å². The van der Waals surface area contributed by atoms with Crippen molar-refractivity contribution < 1.29 is 14.4 Å². The van der Waals surface area contributed by atoms with Crippen molar-refractivity contribution in [2.45, 2.75) is 13.3 Å². The topological polar surface area (TPSA) is 66.5 Å². The minimum atomic E-state index is -0.332. The Morgan fingerprint density at radius 3 is 2.35 bits per heavy atom. The second kappa shape index (κ2) is 5.52. The largest absolute Gasteiger partial charge is 0.324 e. The van der Waals surface area contributed by atoms with Gasteiger partial charge in [-0.1, -0.05) is 28.1 Å². The Morgan fingerprint density at radius 2 is 1.77 bits per heavy atom. The van der Waals surface area contributed by atoms with Gasteiger partial charge in [0, 0.05) is 10.2 Å². The summed E-state index contributed by atoms with van der Waals surface area (Å²) < 4.78 is 0.934. The average Bonchev–Trinajstić information content (AvgIpc) is 3.39. The Labute approximate surface area is 159 Å². The molecule has 1 saturated heterocycles. The molecule has 5 nitrogen and oxygen atoms in total. The highest BCUT2D eigenvalue weighted by Gasteiger charge is 2.67. The zero-order valence-electron chi connectivity index (χ0n) is 14.3. The lowest BCUT2D eigenvalue weighted by molar-refractivity contribution is -0.142. The van der Waals surface area contributed by atoms with Crippen molar-refractivity contribution in [3.63, 3.8) is 0 Å². The molecule has 4 aliphatic carbocycles. The van der Waals surface area contributed by atoms with Crippen LogP contribution in [0.15, 0.2) is 34.8 Å². The number of carbonyl (C=O) groups is 3. The van der Waals surface area contributed by atoms with Crippen LogP contribution in [0.5, 0.6) is 0 Å². The van der Waals surface area contributed by atoms with Gasteiger partial charge in [-0.3, -0.25) is 19.3 Å². The number of allylic oxidation sites excluding steroid dienone is 2. The Kier molecular flexibility index (Phi) is 3.45. The van der Waals surface area contributed by atoms with Gasteiger partial charge in [0.1, 0.15) is 6.54 Å². The number of rotatable bonds is 3. The maximum atomic E-state index is 12.9. The van der Waals surface area contributed by atoms with Gasteiger partial charge in [0.05, 0.1) is 11.8 Å². The number of hydrogen-bond acceptors (Lipinski definition) is 3. The molecule has 2 bridgehead atoms. The highest BCUT2D eigenvalue weighted by Crippen LogP contribution is 2.65. The van der Waals surface area contributed by atoms with Gasteiger partial charge < -0.3 is 5.32 Å². The molecule has 6 heteroatoms. The third-order valence-corrected chi connectivity index (χ3v) is 7.01. The molecule has 2 saturated carbocycles. The van der Waals surface area contributed by atoms with Crippen LogP contribution in [0.25, 0.3) is 0 Å². The second-order valence-electron chi connectivity index (χ2n) is 7.92. The zero-order chi connectivity index (χ0) is 18.2. The smallest absolute Gasteiger partial charge is 0.244 e. The number of aryl methyl sites for hydroxylation is 1. The molecule has 3 amide bonds. The van der Waals surface area contributed by atoms with E-state index in [4.69, 9.17) is 0 Å². The van der Waals surface area contributed by atoms with Crippen LogP contribution in [0.3, 0.4) is 0 Å². The van der Waals surface area contributed by atoms with Crippen LogP contribution in [-0.4, -0.2) is 29.2 Å². The van der Waals surface area contributed by atoms with Gasteiger partial charge in [-0.2, -0.15) is 0 Å². The van der Waals surface area contributed by atoms with E-state index in [9.17, 15) is 14.4 Å². The first-order chi connectivity index (χ1) is 12.5. The monoisotopic (exact) mass is 414 g/mol. The molecular formula is C20H19BrN2O3. The van der Waals surface area contributed by atoms with Crippen LogP contribution in [0.4, 0.5) is 5.69 Å². The van der Waals surface area contributed by atoms with E-state index in [1.165, 1.54) is 4.90 Å². The maximum Gasteiger partial charge on any atom is 0.244 e. The summed E-state index contributed by atoms with van der Waals surface area (Å²) in [6.07, 6.45) is 5.42. The molecule has 1 aliphatic heterocycles. The maximum absolute atomic E-state index is 12.9. The SMILES string of the molecule is Cc1cc(Br)ccc1NC(=O)CN1C(=O)[C@@H]2[C@H]3C=C[C@@H]([C@@H]4C[C@@H]34)[C@H]2C1=O. The summed E-state index contributed by atoms with van der Waals surface area (Å²) in [5.41, 5.74) is 1.61. The Hall–Kier alpha value is -1.95. The van der Waals surface area contributed by atoms with E-state index in [1.807, 2.05) is 25.1 Å². The van der Waals surface area contributed by atoms with E-state index in [0.717, 1.165) is 16.5 Å². The molecule has 6 rings (SSSR count). The minimum absolute atomic E-state index is 0.160. The van der Waals surface area contributed by atoms with Crippen molar-refractivity contribution >= 4 is 39.3 Å². The van der Waals surface area contributed by atoms with Gasteiger partial charge in [0.2, 0.25) is 17.7 Å². The van der Waals surface area contributed by atoms with Crippen molar-refractivity contribution in [2.24, 2.45) is 35.5 Å². The molecule has 26 heavy (non-hydrogen) atoms. The molecule has 0 unspecified atom stereocenters. The standard InChI is InChI=1S/C20H19BrN2O3/c1-9-6-10(21)2-5-15(9)22-16(24)8-23-19(25)17-11-3-4-12(14-7-13(11)14)18(17)20(23)26/h2-6,11-14,17-18H,7-8H2,1H3,(H,22,24)/t11-,12-,13-,14-,17+,18+/m0/s1. The molecular weight excluding hydrogens is 396 g/mol. The van der Waals surface area contributed by atoms with Crippen LogP contribution >= 0.6 is 15.9 Å². The molecule has 0 radical (unpaired) electrons. The fourth-order valence-corrected chi connectivity index (χ4v) is 5.75. The summed E-state index contributed by atoms with van der Waals surface area (Å²) in [5, 5.41) is 2.82. The number of amides is 3. The molecule has 0 aromatic heterocycles. The summed E-state index contributed by atoms with van der Waals surface area (Å²) in [6.45, 7) is 1.70. The number of imide groups is 1. The number of anilines is 1. The summed E-state index contributed by atoms with van der Waals surface area (Å²) in [5.74, 6) is 0.374. The number of benzene rings is 1. The van der Waals surface area contributed by atoms with Crippen molar-refractivity contribution in [3.8, 4) is 0 Å². The van der Waals surface area contributed by atoms with E-state index in [2.05, 4.69) is 33.4 Å². The second-order valence-corrected chi connectivity index (χ2v) is 8.84. The first-order valence-corrected chi connectivity index (χ1v) is 9.84. The predicted molar refractivity (Wildman–Crippen MR) is 98.9 cm³/mol. The van der Waals surface area contributed by atoms with Crippen LogP contribution in [0, 0.1) is 42.4 Å². The highest BCUT2D eigenvalue weighted by molar-refractivity contribution is 9.10. The van der Waals surface area contributed by atoms with Gasteiger partial charge >= 0.3 is 0 Å². The van der Waals surface area contributed by atoms with Gasteiger partial charge in [-0.05, 0) is 60.8 Å². The molecule has 6 atom stereocenters. The van der Waals surface area contributed by atoms with Gasteiger partial charge in [-0.25, -0.2) is 0 Å². The van der Waals surface area contributed by atoms with Gasteiger partial charge in [0.25, 0.3) is 0 Å². The van der Waals surface area contributed by atoms with Gasteiger partial charge in [0.15, 0.2) is 0 Å². The molecule has 3 fully saturated rings. The highest BCUT2D eigenvalue weighted by atomic mass is 79.9. The Balaban J connectivity index is 1.33. The van der Waals surface area contributed by atoms with E-state index in [1.54, 1.807) is 0 Å². The fourth-order valence-electron chi connectivity index (χ4n) is 5.28. The lowest BCUT2D eigenvalue weighted by atomic mass is 9.63. The Morgan fingerprint density at radius 1 is 1.15 bits per heavy atom. The molecule has 134 valence electrons. The molecule has 5 aliphatic rings. The van der Waals surface area contributed by atoms with Crippen molar-refractivity contribution in [3.05, 3.63) is 40.4 Å². The molecule has 1 heterocycles. The number of nitrogens with one attached hydrogen (secondary N) is 1. The third kappa shape index (κ3) is 2.24. The van der Waals surface area contributed by atoms with Crippen LogP contribution in [-0.2, 0) is 14.4 Å². The quantitative estimate of drug-likeness (QED) is 0.610. The number of carbonyl (C=O) groups excluding carboxylic acids is 3. The van der Waals surface area contributed by atoms with E-state index >= 15 is 0 Å². The number of nitrogens with zero attached hydrogens (tertiary/aromatic N) is 1.